The van der Waals surface area contributed by atoms with E-state index in [4.69, 9.17) is 0 Å². The zero-order valence-electron chi connectivity index (χ0n) is 11.2. The van der Waals surface area contributed by atoms with Crippen molar-refractivity contribution in [1.29, 1.82) is 0 Å². The lowest BCUT2D eigenvalue weighted by atomic mass is 10.1. The molecule has 0 fully saturated rings. The normalized spacial score (nSPS) is 11.6. The number of hydrogen-bond donors (Lipinski definition) is 3. The fourth-order valence-electron chi connectivity index (χ4n) is 1.75. The molecule has 0 aliphatic heterocycles. The van der Waals surface area contributed by atoms with Gasteiger partial charge in [-0.3, -0.25) is 0 Å². The number of nitrogens with zero attached hydrogens (tertiary/aromatic N) is 1. The van der Waals surface area contributed by atoms with Crippen molar-refractivity contribution in [3.8, 4) is 0 Å². The summed E-state index contributed by atoms with van der Waals surface area (Å²) < 4.78 is 0. The number of benzene rings is 1. The van der Waals surface area contributed by atoms with Gasteiger partial charge in [-0.1, -0.05) is 30.3 Å². The predicted molar refractivity (Wildman–Crippen MR) is 79.1 cm³/mol. The SMILES string of the molecule is O=C(NCc1cscn1)N[C@H](Cc1ccccc1)C(=O)O. The van der Waals surface area contributed by atoms with Crippen molar-refractivity contribution in [2.24, 2.45) is 0 Å². The summed E-state index contributed by atoms with van der Waals surface area (Å²) in [5.74, 6) is -1.07. The highest BCUT2D eigenvalue weighted by atomic mass is 32.1. The molecule has 1 atom stereocenters. The van der Waals surface area contributed by atoms with Crippen molar-refractivity contribution in [1.82, 2.24) is 15.6 Å². The van der Waals surface area contributed by atoms with Gasteiger partial charge in [0.15, 0.2) is 0 Å². The molecule has 0 aliphatic rings. The standard InChI is InChI=1S/C14H15N3O3S/c18-13(19)12(6-10-4-2-1-3-5-10)17-14(20)15-7-11-8-21-9-16-11/h1-5,8-9,12H,6-7H2,(H,18,19)(H2,15,17,20)/t12-/m1/s1. The number of rotatable bonds is 6. The number of amides is 2. The quantitative estimate of drug-likeness (QED) is 0.756. The van der Waals surface area contributed by atoms with Crippen LogP contribution in [-0.2, 0) is 17.8 Å². The highest BCUT2D eigenvalue weighted by Gasteiger charge is 2.20. The molecule has 2 amide bonds. The minimum atomic E-state index is -1.07. The summed E-state index contributed by atoms with van der Waals surface area (Å²) in [6, 6.07) is 7.67. The Balaban J connectivity index is 1.87. The number of nitrogens with one attached hydrogen (secondary N) is 2. The Bertz CT molecular complexity index is 587. The van der Waals surface area contributed by atoms with Gasteiger partial charge in [-0.15, -0.1) is 11.3 Å². The molecule has 7 heteroatoms. The zero-order chi connectivity index (χ0) is 15.1. The second-order valence-electron chi connectivity index (χ2n) is 4.39. The number of carboxylic acid groups (broad SMARTS) is 1. The first-order chi connectivity index (χ1) is 10.1. The predicted octanol–water partition coefficient (Wildman–Crippen LogP) is 1.64. The highest BCUT2D eigenvalue weighted by molar-refractivity contribution is 7.07. The molecule has 3 N–H and O–H groups in total. The lowest BCUT2D eigenvalue weighted by Gasteiger charge is -2.15. The van der Waals surface area contributed by atoms with E-state index in [1.165, 1.54) is 11.3 Å². The summed E-state index contributed by atoms with van der Waals surface area (Å²) in [6.07, 6.45) is 0.236. The molecule has 110 valence electrons. The minimum Gasteiger partial charge on any atom is -0.480 e. The number of carbonyl (C=O) groups excluding carboxylic acids is 1. The Morgan fingerprint density at radius 1 is 1.29 bits per heavy atom. The Hall–Kier alpha value is -2.41. The Morgan fingerprint density at radius 3 is 2.67 bits per heavy atom. The topological polar surface area (TPSA) is 91.3 Å². The summed E-state index contributed by atoms with van der Waals surface area (Å²) in [4.78, 5) is 27.0. The molecule has 2 aromatic rings. The summed E-state index contributed by atoms with van der Waals surface area (Å²) in [5, 5.41) is 16.0. The monoisotopic (exact) mass is 305 g/mol. The van der Waals surface area contributed by atoms with Gasteiger partial charge in [-0.25, -0.2) is 14.6 Å². The van der Waals surface area contributed by atoms with Crippen molar-refractivity contribution in [2.45, 2.75) is 19.0 Å². The molecule has 0 spiro atoms. The molecule has 1 aromatic carbocycles. The lowest BCUT2D eigenvalue weighted by Crippen LogP contribution is -2.46. The maximum atomic E-state index is 11.7. The molecular weight excluding hydrogens is 290 g/mol. The minimum absolute atomic E-state index is 0.236. The fraction of sp³-hybridized carbons (Fsp3) is 0.214. The third-order valence-electron chi connectivity index (χ3n) is 2.80. The van der Waals surface area contributed by atoms with Gasteiger partial charge in [-0.05, 0) is 5.56 Å². The Labute approximate surface area is 125 Å². The molecule has 1 heterocycles. The molecule has 0 saturated heterocycles. The van der Waals surface area contributed by atoms with E-state index in [2.05, 4.69) is 15.6 Å². The summed E-state index contributed by atoms with van der Waals surface area (Å²) >= 11 is 1.43. The largest absolute Gasteiger partial charge is 0.480 e. The van der Waals surface area contributed by atoms with Crippen LogP contribution >= 0.6 is 11.3 Å². The molecule has 0 unspecified atom stereocenters. The van der Waals surface area contributed by atoms with Gasteiger partial charge in [0.1, 0.15) is 6.04 Å². The third-order valence-corrected chi connectivity index (χ3v) is 3.43. The summed E-state index contributed by atoms with van der Waals surface area (Å²) in [7, 11) is 0. The van der Waals surface area contributed by atoms with Gasteiger partial charge < -0.3 is 15.7 Å². The molecule has 6 nitrogen and oxygen atoms in total. The lowest BCUT2D eigenvalue weighted by molar-refractivity contribution is -0.139. The van der Waals surface area contributed by atoms with Crippen LogP contribution in [0.15, 0.2) is 41.2 Å². The number of carbonyl (C=O) groups is 2. The molecular formula is C14H15N3O3S. The number of aliphatic carboxylic acids is 1. The number of carboxylic acids is 1. The van der Waals surface area contributed by atoms with E-state index >= 15 is 0 Å². The number of hydrogen-bond acceptors (Lipinski definition) is 4. The maximum absolute atomic E-state index is 11.7. The first kappa shape index (κ1) is 15.0. The van der Waals surface area contributed by atoms with Crippen molar-refractivity contribution in [2.75, 3.05) is 0 Å². The van der Waals surface area contributed by atoms with E-state index in [1.807, 2.05) is 35.7 Å². The maximum Gasteiger partial charge on any atom is 0.326 e. The van der Waals surface area contributed by atoms with Crippen molar-refractivity contribution in [3.63, 3.8) is 0 Å². The number of aromatic nitrogens is 1. The van der Waals surface area contributed by atoms with Crippen LogP contribution in [0, 0.1) is 0 Å². The fourth-order valence-corrected chi connectivity index (χ4v) is 2.31. The van der Waals surface area contributed by atoms with Gasteiger partial charge >= 0.3 is 12.0 Å². The van der Waals surface area contributed by atoms with Crippen LogP contribution in [0.4, 0.5) is 4.79 Å². The van der Waals surface area contributed by atoms with E-state index < -0.39 is 18.0 Å². The van der Waals surface area contributed by atoms with Gasteiger partial charge in [0.2, 0.25) is 0 Å². The van der Waals surface area contributed by atoms with Crippen LogP contribution < -0.4 is 10.6 Å². The first-order valence-electron chi connectivity index (χ1n) is 6.33. The molecule has 0 saturated carbocycles. The second kappa shape index (κ2) is 7.39. The van der Waals surface area contributed by atoms with Crippen LogP contribution in [0.2, 0.25) is 0 Å². The average Bonchev–Trinajstić information content (AvgIpc) is 2.99. The Kier molecular flexibility index (Phi) is 5.28. The number of thiazole rings is 1. The molecule has 2 rings (SSSR count). The van der Waals surface area contributed by atoms with Crippen LogP contribution in [-0.4, -0.2) is 28.1 Å². The highest BCUT2D eigenvalue weighted by Crippen LogP contribution is 2.04. The van der Waals surface area contributed by atoms with Crippen LogP contribution in [0.5, 0.6) is 0 Å². The molecule has 0 radical (unpaired) electrons. The van der Waals surface area contributed by atoms with Crippen LogP contribution in [0.3, 0.4) is 0 Å². The van der Waals surface area contributed by atoms with Crippen LogP contribution in [0.25, 0.3) is 0 Å². The van der Waals surface area contributed by atoms with Crippen LogP contribution in [0.1, 0.15) is 11.3 Å². The molecule has 21 heavy (non-hydrogen) atoms. The van der Waals surface area contributed by atoms with Gasteiger partial charge in [0, 0.05) is 11.8 Å². The smallest absolute Gasteiger partial charge is 0.326 e. The van der Waals surface area contributed by atoms with Gasteiger partial charge in [0.05, 0.1) is 17.7 Å². The van der Waals surface area contributed by atoms with E-state index in [0.29, 0.717) is 0 Å². The third kappa shape index (κ3) is 4.88. The summed E-state index contributed by atoms with van der Waals surface area (Å²) in [5.41, 5.74) is 3.26. The van der Waals surface area contributed by atoms with E-state index in [-0.39, 0.29) is 13.0 Å². The van der Waals surface area contributed by atoms with Crippen molar-refractivity contribution in [3.05, 3.63) is 52.5 Å². The number of urea groups is 1. The summed E-state index contributed by atoms with van der Waals surface area (Å²) in [6.45, 7) is 0.271. The molecule has 0 aliphatic carbocycles. The molecule has 0 bridgehead atoms. The molecule has 1 aromatic heterocycles. The Morgan fingerprint density at radius 2 is 2.05 bits per heavy atom. The second-order valence-corrected chi connectivity index (χ2v) is 5.11. The average molecular weight is 305 g/mol. The van der Waals surface area contributed by atoms with E-state index in [1.54, 1.807) is 5.51 Å². The van der Waals surface area contributed by atoms with Crippen molar-refractivity contribution >= 4 is 23.3 Å². The zero-order valence-corrected chi connectivity index (χ0v) is 12.0. The van der Waals surface area contributed by atoms with E-state index in [9.17, 15) is 14.7 Å². The van der Waals surface area contributed by atoms with Crippen molar-refractivity contribution < 1.29 is 14.7 Å². The van der Waals surface area contributed by atoms with E-state index in [0.717, 1.165) is 11.3 Å². The van der Waals surface area contributed by atoms with Gasteiger partial charge in [-0.2, -0.15) is 0 Å². The van der Waals surface area contributed by atoms with Gasteiger partial charge in [0.25, 0.3) is 0 Å². The first-order valence-corrected chi connectivity index (χ1v) is 7.27.